The summed E-state index contributed by atoms with van der Waals surface area (Å²) < 4.78 is 0. The molecule has 3 N–H and O–H groups in total. The fourth-order valence-electron chi connectivity index (χ4n) is 1.49. The maximum Gasteiger partial charge on any atom is 0.354 e. The first-order chi connectivity index (χ1) is 7.99. The number of nitrogens with zero attached hydrogens (tertiary/aromatic N) is 1. The monoisotopic (exact) mass is 238 g/mol. The summed E-state index contributed by atoms with van der Waals surface area (Å²) in [6.45, 7) is 4.53. The molecular formula is C12H18N2O3. The maximum atomic E-state index is 10.6. The van der Waals surface area contributed by atoms with Gasteiger partial charge in [0.05, 0.1) is 18.0 Å². The molecule has 5 heteroatoms. The SMILES string of the molecule is CC(C)CC(O)CNc1ccc(C(=O)O)nc1. The van der Waals surface area contributed by atoms with Crippen molar-refractivity contribution >= 4 is 11.7 Å². The number of hydrogen-bond acceptors (Lipinski definition) is 4. The molecule has 0 spiro atoms. The standard InChI is InChI=1S/C12H18N2O3/c1-8(2)5-10(15)7-13-9-3-4-11(12(16)17)14-6-9/h3-4,6,8,10,13,15H,5,7H2,1-2H3,(H,16,17). The minimum atomic E-state index is -1.05. The van der Waals surface area contributed by atoms with Crippen molar-refractivity contribution in [2.45, 2.75) is 26.4 Å². The van der Waals surface area contributed by atoms with E-state index >= 15 is 0 Å². The minimum Gasteiger partial charge on any atom is -0.477 e. The van der Waals surface area contributed by atoms with Gasteiger partial charge in [-0.15, -0.1) is 0 Å². The fraction of sp³-hybridized carbons (Fsp3) is 0.500. The Balaban J connectivity index is 2.44. The molecule has 0 saturated heterocycles. The second-order valence-electron chi connectivity index (χ2n) is 4.40. The smallest absolute Gasteiger partial charge is 0.354 e. The van der Waals surface area contributed by atoms with E-state index in [-0.39, 0.29) is 5.69 Å². The number of pyridine rings is 1. The highest BCUT2D eigenvalue weighted by Gasteiger charge is 2.07. The zero-order valence-corrected chi connectivity index (χ0v) is 10.1. The summed E-state index contributed by atoms with van der Waals surface area (Å²) in [7, 11) is 0. The van der Waals surface area contributed by atoms with Crippen LogP contribution in [0.3, 0.4) is 0 Å². The zero-order chi connectivity index (χ0) is 12.8. The summed E-state index contributed by atoms with van der Waals surface area (Å²) in [5.74, 6) is -0.601. The average Bonchev–Trinajstić information content (AvgIpc) is 2.26. The summed E-state index contributed by atoms with van der Waals surface area (Å²) in [5, 5.41) is 21.3. The van der Waals surface area contributed by atoms with Crippen LogP contribution in [0.15, 0.2) is 18.3 Å². The van der Waals surface area contributed by atoms with Gasteiger partial charge in [0.1, 0.15) is 5.69 Å². The molecular weight excluding hydrogens is 220 g/mol. The summed E-state index contributed by atoms with van der Waals surface area (Å²) in [6.07, 6.45) is 1.77. The third kappa shape index (κ3) is 4.82. The highest BCUT2D eigenvalue weighted by molar-refractivity contribution is 5.85. The van der Waals surface area contributed by atoms with E-state index in [9.17, 15) is 9.90 Å². The number of hydrogen-bond donors (Lipinski definition) is 3. The van der Waals surface area contributed by atoms with Crippen LogP contribution in [-0.2, 0) is 0 Å². The molecule has 0 aliphatic carbocycles. The number of carboxylic acid groups (broad SMARTS) is 1. The topological polar surface area (TPSA) is 82.5 Å². The molecule has 0 amide bonds. The molecule has 5 nitrogen and oxygen atoms in total. The van der Waals surface area contributed by atoms with E-state index in [1.165, 1.54) is 12.3 Å². The van der Waals surface area contributed by atoms with Crippen molar-refractivity contribution in [1.82, 2.24) is 4.98 Å². The number of aliphatic hydroxyl groups is 1. The van der Waals surface area contributed by atoms with Crippen molar-refractivity contribution in [1.29, 1.82) is 0 Å². The third-order valence-electron chi connectivity index (χ3n) is 2.27. The van der Waals surface area contributed by atoms with Crippen LogP contribution in [0, 0.1) is 5.92 Å². The number of carbonyl (C=O) groups is 1. The van der Waals surface area contributed by atoms with Gasteiger partial charge in [-0.3, -0.25) is 0 Å². The Hall–Kier alpha value is -1.62. The molecule has 0 fully saturated rings. The molecule has 1 heterocycles. The van der Waals surface area contributed by atoms with Gasteiger partial charge in [-0.05, 0) is 24.5 Å². The van der Waals surface area contributed by atoms with Crippen LogP contribution in [-0.4, -0.2) is 33.8 Å². The number of anilines is 1. The van der Waals surface area contributed by atoms with Gasteiger partial charge in [0.2, 0.25) is 0 Å². The van der Waals surface area contributed by atoms with E-state index in [4.69, 9.17) is 5.11 Å². The van der Waals surface area contributed by atoms with Crippen LogP contribution in [0.25, 0.3) is 0 Å². The van der Waals surface area contributed by atoms with Gasteiger partial charge in [-0.25, -0.2) is 9.78 Å². The van der Waals surface area contributed by atoms with Crippen LogP contribution >= 0.6 is 0 Å². The van der Waals surface area contributed by atoms with Crippen molar-refractivity contribution in [2.24, 2.45) is 5.92 Å². The molecule has 0 bridgehead atoms. The van der Waals surface area contributed by atoms with E-state index in [0.29, 0.717) is 18.2 Å². The molecule has 1 atom stereocenters. The van der Waals surface area contributed by atoms with Gasteiger partial charge in [0, 0.05) is 6.54 Å². The Morgan fingerprint density at radius 3 is 2.65 bits per heavy atom. The molecule has 0 aliphatic heterocycles. The number of rotatable bonds is 6. The molecule has 0 radical (unpaired) electrons. The molecule has 17 heavy (non-hydrogen) atoms. The normalized spacial score (nSPS) is 12.5. The van der Waals surface area contributed by atoms with Gasteiger partial charge in [-0.2, -0.15) is 0 Å². The Bertz CT molecular complexity index is 363. The third-order valence-corrected chi connectivity index (χ3v) is 2.27. The van der Waals surface area contributed by atoms with E-state index in [1.807, 2.05) is 13.8 Å². The minimum absolute atomic E-state index is 0.0123. The second-order valence-corrected chi connectivity index (χ2v) is 4.40. The summed E-state index contributed by atoms with van der Waals surface area (Å²) in [5.41, 5.74) is 0.719. The van der Waals surface area contributed by atoms with E-state index in [0.717, 1.165) is 6.42 Å². The lowest BCUT2D eigenvalue weighted by atomic mass is 10.1. The second kappa shape index (κ2) is 6.20. The average molecular weight is 238 g/mol. The quantitative estimate of drug-likeness (QED) is 0.701. The van der Waals surface area contributed by atoms with Crippen LogP contribution in [0.4, 0.5) is 5.69 Å². The molecule has 1 rings (SSSR count). The molecule has 1 aromatic heterocycles. The Labute approximate surface area is 101 Å². The lowest BCUT2D eigenvalue weighted by molar-refractivity contribution is 0.0690. The number of nitrogens with one attached hydrogen (secondary N) is 1. The number of aromatic nitrogens is 1. The zero-order valence-electron chi connectivity index (χ0n) is 10.1. The van der Waals surface area contributed by atoms with E-state index in [1.54, 1.807) is 6.07 Å². The van der Waals surface area contributed by atoms with Crippen LogP contribution < -0.4 is 5.32 Å². The first-order valence-corrected chi connectivity index (χ1v) is 5.60. The lowest BCUT2D eigenvalue weighted by Crippen LogP contribution is -2.21. The molecule has 0 saturated carbocycles. The predicted octanol–water partition coefficient (Wildman–Crippen LogP) is 1.60. The molecule has 94 valence electrons. The highest BCUT2D eigenvalue weighted by atomic mass is 16.4. The molecule has 0 aliphatic rings. The van der Waals surface area contributed by atoms with Crippen LogP contribution in [0.5, 0.6) is 0 Å². The predicted molar refractivity (Wildman–Crippen MR) is 65.1 cm³/mol. The Morgan fingerprint density at radius 2 is 2.18 bits per heavy atom. The van der Waals surface area contributed by atoms with Crippen molar-refractivity contribution < 1.29 is 15.0 Å². The van der Waals surface area contributed by atoms with Crippen molar-refractivity contribution in [3.8, 4) is 0 Å². The van der Waals surface area contributed by atoms with Gasteiger partial charge >= 0.3 is 5.97 Å². The Kier molecular flexibility index (Phi) is 4.90. The van der Waals surface area contributed by atoms with Crippen molar-refractivity contribution in [2.75, 3.05) is 11.9 Å². The summed E-state index contributed by atoms with van der Waals surface area (Å²) >= 11 is 0. The number of aliphatic hydroxyl groups excluding tert-OH is 1. The first-order valence-electron chi connectivity index (χ1n) is 5.60. The Morgan fingerprint density at radius 1 is 1.47 bits per heavy atom. The largest absolute Gasteiger partial charge is 0.477 e. The summed E-state index contributed by atoms with van der Waals surface area (Å²) in [4.78, 5) is 14.4. The van der Waals surface area contributed by atoms with E-state index in [2.05, 4.69) is 10.3 Å². The maximum absolute atomic E-state index is 10.6. The number of carboxylic acids is 1. The molecule has 0 aromatic carbocycles. The van der Waals surface area contributed by atoms with E-state index < -0.39 is 12.1 Å². The van der Waals surface area contributed by atoms with Crippen molar-refractivity contribution in [3.05, 3.63) is 24.0 Å². The highest BCUT2D eigenvalue weighted by Crippen LogP contribution is 2.09. The fourth-order valence-corrected chi connectivity index (χ4v) is 1.49. The molecule has 1 aromatic rings. The van der Waals surface area contributed by atoms with Gasteiger partial charge in [0.25, 0.3) is 0 Å². The van der Waals surface area contributed by atoms with Gasteiger partial charge < -0.3 is 15.5 Å². The van der Waals surface area contributed by atoms with Gasteiger partial charge in [0.15, 0.2) is 0 Å². The van der Waals surface area contributed by atoms with Gasteiger partial charge in [-0.1, -0.05) is 13.8 Å². The molecule has 1 unspecified atom stereocenters. The van der Waals surface area contributed by atoms with Crippen LogP contribution in [0.1, 0.15) is 30.8 Å². The lowest BCUT2D eigenvalue weighted by Gasteiger charge is -2.14. The number of aromatic carboxylic acids is 1. The van der Waals surface area contributed by atoms with Crippen LogP contribution in [0.2, 0.25) is 0 Å². The summed E-state index contributed by atoms with van der Waals surface area (Å²) in [6, 6.07) is 3.07. The van der Waals surface area contributed by atoms with Crippen molar-refractivity contribution in [3.63, 3.8) is 0 Å². The first kappa shape index (κ1) is 13.4.